The van der Waals surface area contributed by atoms with Crippen LogP contribution in [-0.4, -0.2) is 15.0 Å². The lowest BCUT2D eigenvalue weighted by Crippen LogP contribution is -1.99. The summed E-state index contributed by atoms with van der Waals surface area (Å²) in [6.07, 6.45) is 0.938. The Kier molecular flexibility index (Phi) is 1.91. The van der Waals surface area contributed by atoms with E-state index in [2.05, 4.69) is 21.9 Å². The third kappa shape index (κ3) is 1.14. The number of aryl methyl sites for hydroxylation is 2. The molecule has 2 heterocycles. The first kappa shape index (κ1) is 8.99. The van der Waals surface area contributed by atoms with Gasteiger partial charge in [-0.25, -0.2) is 9.78 Å². The summed E-state index contributed by atoms with van der Waals surface area (Å²) in [5.41, 5.74) is 4.62. The van der Waals surface area contributed by atoms with Gasteiger partial charge in [0.1, 0.15) is 0 Å². The fourth-order valence-corrected chi connectivity index (χ4v) is 1.91. The first-order chi connectivity index (χ1) is 6.63. The summed E-state index contributed by atoms with van der Waals surface area (Å²) in [5, 5.41) is 0. The highest BCUT2D eigenvalue weighted by Crippen LogP contribution is 2.18. The smallest absolute Gasteiger partial charge is 0.304 e. The summed E-state index contributed by atoms with van der Waals surface area (Å²) >= 11 is 0. The number of nitrogens with one attached hydrogen (secondary N) is 2. The SMILES string of the molecule is CCc1c(C)nc2[nH]c(=O)[nH]c2c1C. The zero-order valence-electron chi connectivity index (χ0n) is 8.56. The molecule has 2 aromatic heterocycles. The second-order valence-electron chi connectivity index (χ2n) is 3.46. The zero-order valence-corrected chi connectivity index (χ0v) is 8.56. The second-order valence-corrected chi connectivity index (χ2v) is 3.46. The number of imidazole rings is 1. The predicted molar refractivity (Wildman–Crippen MR) is 55.6 cm³/mol. The van der Waals surface area contributed by atoms with Crippen LogP contribution in [0.4, 0.5) is 0 Å². The van der Waals surface area contributed by atoms with Gasteiger partial charge in [0.2, 0.25) is 0 Å². The molecule has 0 fully saturated rings. The van der Waals surface area contributed by atoms with E-state index in [9.17, 15) is 4.79 Å². The van der Waals surface area contributed by atoms with Crippen LogP contribution in [-0.2, 0) is 6.42 Å². The minimum atomic E-state index is -0.191. The van der Waals surface area contributed by atoms with Gasteiger partial charge in [0, 0.05) is 5.69 Å². The molecule has 2 aromatic rings. The molecule has 74 valence electrons. The van der Waals surface area contributed by atoms with E-state index in [4.69, 9.17) is 0 Å². The lowest BCUT2D eigenvalue weighted by atomic mass is 10.1. The van der Waals surface area contributed by atoms with Crippen molar-refractivity contribution in [2.75, 3.05) is 0 Å². The van der Waals surface area contributed by atoms with Crippen molar-refractivity contribution >= 4 is 11.2 Å². The van der Waals surface area contributed by atoms with Crippen molar-refractivity contribution in [2.24, 2.45) is 0 Å². The van der Waals surface area contributed by atoms with Crippen LogP contribution in [0.25, 0.3) is 11.2 Å². The van der Waals surface area contributed by atoms with Gasteiger partial charge >= 0.3 is 5.69 Å². The number of rotatable bonds is 1. The van der Waals surface area contributed by atoms with Gasteiger partial charge < -0.3 is 4.98 Å². The van der Waals surface area contributed by atoms with Gasteiger partial charge in [0.05, 0.1) is 5.52 Å². The van der Waals surface area contributed by atoms with Crippen molar-refractivity contribution in [1.82, 2.24) is 15.0 Å². The number of hydrogen-bond donors (Lipinski definition) is 2. The summed E-state index contributed by atoms with van der Waals surface area (Å²) in [6.45, 7) is 6.07. The van der Waals surface area contributed by atoms with Crippen molar-refractivity contribution in [3.05, 3.63) is 27.3 Å². The van der Waals surface area contributed by atoms with Crippen LogP contribution in [0.2, 0.25) is 0 Å². The number of aromatic nitrogens is 3. The fraction of sp³-hybridized carbons (Fsp3) is 0.400. The Labute approximate surface area is 81.4 Å². The average molecular weight is 191 g/mol. The molecule has 0 saturated carbocycles. The standard InChI is InChI=1S/C10H13N3O/c1-4-7-5(2)8-9(11-6(7)3)13-10(14)12-8/h4H2,1-3H3,(H2,11,12,13,14). The Morgan fingerprint density at radius 3 is 2.64 bits per heavy atom. The molecule has 0 aliphatic heterocycles. The minimum absolute atomic E-state index is 0.191. The van der Waals surface area contributed by atoms with E-state index < -0.39 is 0 Å². The Morgan fingerprint density at radius 1 is 1.29 bits per heavy atom. The van der Waals surface area contributed by atoms with Gasteiger partial charge in [-0.3, -0.25) is 4.98 Å². The topological polar surface area (TPSA) is 61.5 Å². The molecule has 4 nitrogen and oxygen atoms in total. The van der Waals surface area contributed by atoms with Crippen molar-refractivity contribution in [1.29, 1.82) is 0 Å². The van der Waals surface area contributed by atoms with Gasteiger partial charge in [0.25, 0.3) is 0 Å². The monoisotopic (exact) mass is 191 g/mol. The van der Waals surface area contributed by atoms with Crippen molar-refractivity contribution in [3.63, 3.8) is 0 Å². The highest BCUT2D eigenvalue weighted by atomic mass is 16.1. The van der Waals surface area contributed by atoms with E-state index in [0.29, 0.717) is 5.65 Å². The van der Waals surface area contributed by atoms with Gasteiger partial charge in [-0.2, -0.15) is 0 Å². The lowest BCUT2D eigenvalue weighted by molar-refractivity contribution is 1.04. The van der Waals surface area contributed by atoms with Crippen LogP contribution in [0.15, 0.2) is 4.79 Å². The highest BCUT2D eigenvalue weighted by Gasteiger charge is 2.09. The van der Waals surface area contributed by atoms with Crippen molar-refractivity contribution in [2.45, 2.75) is 27.2 Å². The van der Waals surface area contributed by atoms with E-state index in [-0.39, 0.29) is 5.69 Å². The Balaban J connectivity index is 2.91. The molecule has 0 atom stereocenters. The molecule has 0 bridgehead atoms. The quantitative estimate of drug-likeness (QED) is 0.716. The first-order valence-electron chi connectivity index (χ1n) is 4.71. The van der Waals surface area contributed by atoms with Crippen LogP contribution < -0.4 is 5.69 Å². The summed E-state index contributed by atoms with van der Waals surface area (Å²) in [6, 6.07) is 0. The van der Waals surface area contributed by atoms with E-state index in [0.717, 1.165) is 23.2 Å². The zero-order chi connectivity index (χ0) is 10.3. The van der Waals surface area contributed by atoms with Gasteiger partial charge in [-0.1, -0.05) is 6.92 Å². The minimum Gasteiger partial charge on any atom is -0.304 e. The first-order valence-corrected chi connectivity index (χ1v) is 4.71. The molecule has 0 saturated heterocycles. The van der Waals surface area contributed by atoms with Crippen molar-refractivity contribution in [3.8, 4) is 0 Å². The van der Waals surface area contributed by atoms with Gasteiger partial charge in [-0.05, 0) is 31.4 Å². The third-order valence-corrected chi connectivity index (χ3v) is 2.60. The highest BCUT2D eigenvalue weighted by molar-refractivity contribution is 5.75. The molecule has 0 aromatic carbocycles. The summed E-state index contributed by atoms with van der Waals surface area (Å²) in [4.78, 5) is 20.9. The fourth-order valence-electron chi connectivity index (χ4n) is 1.91. The van der Waals surface area contributed by atoms with E-state index in [1.54, 1.807) is 0 Å². The molecule has 14 heavy (non-hydrogen) atoms. The molecule has 0 unspecified atom stereocenters. The summed E-state index contributed by atoms with van der Waals surface area (Å²) < 4.78 is 0. The summed E-state index contributed by atoms with van der Waals surface area (Å²) in [7, 11) is 0. The molecule has 2 rings (SSSR count). The van der Waals surface area contributed by atoms with Crippen LogP contribution in [0.5, 0.6) is 0 Å². The molecule has 0 aliphatic carbocycles. The Morgan fingerprint density at radius 2 is 2.00 bits per heavy atom. The number of aromatic amines is 2. The van der Waals surface area contributed by atoms with Crippen molar-refractivity contribution < 1.29 is 0 Å². The molecule has 0 radical (unpaired) electrons. The van der Waals surface area contributed by atoms with E-state index in [1.807, 2.05) is 13.8 Å². The molecule has 2 N–H and O–H groups in total. The normalized spacial score (nSPS) is 11.1. The summed E-state index contributed by atoms with van der Waals surface area (Å²) in [5.74, 6) is 0. The molecule has 0 aliphatic rings. The number of nitrogens with zero attached hydrogens (tertiary/aromatic N) is 1. The third-order valence-electron chi connectivity index (χ3n) is 2.60. The molecule has 0 amide bonds. The number of H-pyrrole nitrogens is 2. The number of fused-ring (bicyclic) bond motifs is 1. The Hall–Kier alpha value is -1.58. The van der Waals surface area contributed by atoms with E-state index in [1.165, 1.54) is 5.56 Å². The maximum absolute atomic E-state index is 11.1. The van der Waals surface area contributed by atoms with Crippen LogP contribution >= 0.6 is 0 Å². The van der Waals surface area contributed by atoms with Gasteiger partial charge in [0.15, 0.2) is 5.65 Å². The predicted octanol–water partition coefficient (Wildman–Crippen LogP) is 1.43. The van der Waals surface area contributed by atoms with Crippen LogP contribution in [0, 0.1) is 13.8 Å². The van der Waals surface area contributed by atoms with Crippen LogP contribution in [0.1, 0.15) is 23.7 Å². The maximum atomic E-state index is 11.1. The molecular weight excluding hydrogens is 178 g/mol. The maximum Gasteiger partial charge on any atom is 0.325 e. The van der Waals surface area contributed by atoms with Gasteiger partial charge in [-0.15, -0.1) is 0 Å². The molecule has 4 heteroatoms. The van der Waals surface area contributed by atoms with E-state index >= 15 is 0 Å². The molecule has 0 spiro atoms. The average Bonchev–Trinajstić information content (AvgIpc) is 2.47. The largest absolute Gasteiger partial charge is 0.325 e. The molecular formula is C10H13N3O. The number of pyridine rings is 1. The van der Waals surface area contributed by atoms with Crippen LogP contribution in [0.3, 0.4) is 0 Å². The lowest BCUT2D eigenvalue weighted by Gasteiger charge is -2.06. The number of hydrogen-bond acceptors (Lipinski definition) is 2. The Bertz CT molecular complexity index is 536. The second kappa shape index (κ2) is 2.97.